The van der Waals surface area contributed by atoms with Crippen LogP contribution in [0.25, 0.3) is 0 Å². The Kier molecular flexibility index (Phi) is 10.5. The van der Waals surface area contributed by atoms with Gasteiger partial charge in [-0.1, -0.05) is 12.1 Å². The molecule has 29 heavy (non-hydrogen) atoms. The molecule has 6 nitrogen and oxygen atoms in total. The molecule has 2 aliphatic rings. The Labute approximate surface area is 193 Å². The zero-order valence-corrected chi connectivity index (χ0v) is 20.6. The lowest BCUT2D eigenvalue weighted by molar-refractivity contribution is 0.120. The van der Waals surface area contributed by atoms with E-state index < -0.39 is 0 Å². The molecule has 0 aliphatic carbocycles. The lowest BCUT2D eigenvalue weighted by Crippen LogP contribution is -2.53. The molecule has 2 heterocycles. The van der Waals surface area contributed by atoms with Crippen LogP contribution >= 0.6 is 24.0 Å². The Bertz CT molecular complexity index is 625. The number of nitrogens with one attached hydrogen (secondary N) is 1. The fourth-order valence-electron chi connectivity index (χ4n) is 4.20. The first-order valence-corrected chi connectivity index (χ1v) is 10.7. The molecule has 2 saturated heterocycles. The van der Waals surface area contributed by atoms with Crippen LogP contribution < -0.4 is 10.2 Å². The summed E-state index contributed by atoms with van der Waals surface area (Å²) in [5.74, 6) is 1.80. The SMILES string of the molecule is CN=C(NCC1CCN(CCOC)CC1)N1CCN(c2cccc(C)c2)CC1.I. The number of likely N-dealkylation sites (tertiary alicyclic amines) is 1. The number of aliphatic imine (C=N–C) groups is 1. The van der Waals surface area contributed by atoms with Crippen LogP contribution in [0, 0.1) is 12.8 Å². The molecule has 0 aromatic heterocycles. The summed E-state index contributed by atoms with van der Waals surface area (Å²) >= 11 is 0. The first-order valence-electron chi connectivity index (χ1n) is 10.7. The Morgan fingerprint density at radius 2 is 1.86 bits per heavy atom. The highest BCUT2D eigenvalue weighted by Crippen LogP contribution is 2.19. The summed E-state index contributed by atoms with van der Waals surface area (Å²) in [5.41, 5.74) is 2.66. The van der Waals surface area contributed by atoms with E-state index in [-0.39, 0.29) is 24.0 Å². The number of rotatable bonds is 6. The number of benzene rings is 1. The number of piperazine rings is 1. The standard InChI is InChI=1S/C22H37N5O.HI/c1-19-5-4-6-21(17-19)26-11-13-27(14-12-26)22(23-2)24-18-20-7-9-25(10-8-20)15-16-28-3;/h4-6,17,20H,7-16,18H2,1-3H3,(H,23,24);1H. The molecule has 164 valence electrons. The van der Waals surface area contributed by atoms with E-state index in [0.717, 1.165) is 57.8 Å². The van der Waals surface area contributed by atoms with Gasteiger partial charge in [-0.25, -0.2) is 0 Å². The Hall–Kier alpha value is -1.06. The molecule has 0 saturated carbocycles. The number of piperidine rings is 1. The van der Waals surface area contributed by atoms with E-state index in [4.69, 9.17) is 4.74 Å². The molecular weight excluding hydrogens is 477 g/mol. The number of methoxy groups -OCH3 is 1. The fraction of sp³-hybridized carbons (Fsp3) is 0.682. The number of hydrogen-bond donors (Lipinski definition) is 1. The topological polar surface area (TPSA) is 43.3 Å². The van der Waals surface area contributed by atoms with Crippen LogP contribution in [0.5, 0.6) is 0 Å². The van der Waals surface area contributed by atoms with E-state index in [1.54, 1.807) is 7.11 Å². The lowest BCUT2D eigenvalue weighted by atomic mass is 9.97. The number of nitrogens with zero attached hydrogens (tertiary/aromatic N) is 4. The first kappa shape index (κ1) is 24.2. The summed E-state index contributed by atoms with van der Waals surface area (Å²) in [7, 11) is 3.69. The van der Waals surface area contributed by atoms with Crippen LogP contribution in [0.1, 0.15) is 18.4 Å². The van der Waals surface area contributed by atoms with Crippen LogP contribution in [0.15, 0.2) is 29.3 Å². The third kappa shape index (κ3) is 7.29. The van der Waals surface area contributed by atoms with Crippen molar-refractivity contribution in [1.82, 2.24) is 15.1 Å². The van der Waals surface area contributed by atoms with Gasteiger partial charge in [-0.05, 0) is 56.5 Å². The Morgan fingerprint density at radius 3 is 2.48 bits per heavy atom. The number of anilines is 1. The third-order valence-electron chi connectivity index (χ3n) is 6.03. The zero-order valence-electron chi connectivity index (χ0n) is 18.3. The van der Waals surface area contributed by atoms with Crippen LogP contribution in [-0.2, 0) is 4.74 Å². The summed E-state index contributed by atoms with van der Waals surface area (Å²) in [6.07, 6.45) is 2.52. The van der Waals surface area contributed by atoms with Crippen LogP contribution in [0.2, 0.25) is 0 Å². The molecular formula is C22H38IN5O. The molecule has 3 rings (SSSR count). The van der Waals surface area contributed by atoms with Gasteiger partial charge in [0.25, 0.3) is 0 Å². The quantitative estimate of drug-likeness (QED) is 0.359. The normalized spacial score (nSPS) is 19.2. The highest BCUT2D eigenvalue weighted by atomic mass is 127. The van der Waals surface area contributed by atoms with Crippen molar-refractivity contribution < 1.29 is 4.74 Å². The number of ether oxygens (including phenoxy) is 1. The van der Waals surface area contributed by atoms with Crippen molar-refractivity contribution in [1.29, 1.82) is 0 Å². The first-order chi connectivity index (χ1) is 13.7. The second-order valence-corrected chi connectivity index (χ2v) is 8.02. The van der Waals surface area contributed by atoms with Crippen molar-refractivity contribution in [2.75, 3.05) is 78.0 Å². The molecule has 1 N–H and O–H groups in total. The van der Waals surface area contributed by atoms with Gasteiger partial charge in [0, 0.05) is 59.1 Å². The molecule has 0 spiro atoms. The summed E-state index contributed by atoms with van der Waals surface area (Å²) in [6.45, 7) is 11.6. The van der Waals surface area contributed by atoms with Crippen molar-refractivity contribution in [2.45, 2.75) is 19.8 Å². The maximum absolute atomic E-state index is 5.19. The van der Waals surface area contributed by atoms with Crippen molar-refractivity contribution in [3.8, 4) is 0 Å². The molecule has 0 bridgehead atoms. The minimum Gasteiger partial charge on any atom is -0.383 e. The highest BCUT2D eigenvalue weighted by molar-refractivity contribution is 14.0. The van der Waals surface area contributed by atoms with Crippen molar-refractivity contribution in [3.63, 3.8) is 0 Å². The predicted octanol–water partition coefficient (Wildman–Crippen LogP) is 2.67. The molecule has 0 atom stereocenters. The largest absolute Gasteiger partial charge is 0.383 e. The van der Waals surface area contributed by atoms with E-state index in [9.17, 15) is 0 Å². The maximum atomic E-state index is 5.19. The molecule has 2 aliphatic heterocycles. The molecule has 0 unspecified atom stereocenters. The van der Waals surface area contributed by atoms with Gasteiger partial charge >= 0.3 is 0 Å². The number of aryl methyl sites for hydroxylation is 1. The number of hydrogen-bond acceptors (Lipinski definition) is 4. The Balaban J connectivity index is 0.00000300. The van der Waals surface area contributed by atoms with Gasteiger partial charge in [0.05, 0.1) is 6.61 Å². The monoisotopic (exact) mass is 515 g/mol. The smallest absolute Gasteiger partial charge is 0.193 e. The van der Waals surface area contributed by atoms with Gasteiger partial charge in [-0.15, -0.1) is 24.0 Å². The van der Waals surface area contributed by atoms with Crippen molar-refractivity contribution in [2.24, 2.45) is 10.9 Å². The van der Waals surface area contributed by atoms with Gasteiger partial charge in [0.1, 0.15) is 0 Å². The van der Waals surface area contributed by atoms with Gasteiger partial charge in [0.2, 0.25) is 0 Å². The van der Waals surface area contributed by atoms with E-state index in [0.29, 0.717) is 0 Å². The minimum atomic E-state index is 0. The van der Waals surface area contributed by atoms with Crippen LogP contribution in [-0.4, -0.2) is 88.9 Å². The lowest BCUT2D eigenvalue weighted by Gasteiger charge is -2.38. The Morgan fingerprint density at radius 1 is 1.14 bits per heavy atom. The predicted molar refractivity (Wildman–Crippen MR) is 133 cm³/mol. The molecule has 0 amide bonds. The molecule has 1 aromatic carbocycles. The van der Waals surface area contributed by atoms with Gasteiger partial charge in [0.15, 0.2) is 5.96 Å². The van der Waals surface area contributed by atoms with E-state index in [2.05, 4.69) is 56.2 Å². The molecule has 1 aromatic rings. The van der Waals surface area contributed by atoms with E-state index in [1.165, 1.54) is 37.2 Å². The summed E-state index contributed by atoms with van der Waals surface area (Å²) in [4.78, 5) is 11.9. The van der Waals surface area contributed by atoms with Crippen LogP contribution in [0.3, 0.4) is 0 Å². The number of halogens is 1. The average molecular weight is 515 g/mol. The molecule has 0 radical (unpaired) electrons. The van der Waals surface area contributed by atoms with Crippen LogP contribution in [0.4, 0.5) is 5.69 Å². The second kappa shape index (κ2) is 12.6. The highest BCUT2D eigenvalue weighted by Gasteiger charge is 2.22. The average Bonchev–Trinajstić information content (AvgIpc) is 2.74. The zero-order chi connectivity index (χ0) is 19.8. The summed E-state index contributed by atoms with van der Waals surface area (Å²) in [6, 6.07) is 8.81. The maximum Gasteiger partial charge on any atom is 0.193 e. The van der Waals surface area contributed by atoms with Gasteiger partial charge in [-0.3, -0.25) is 4.99 Å². The van der Waals surface area contributed by atoms with Crippen molar-refractivity contribution >= 4 is 35.6 Å². The number of guanidine groups is 1. The van der Waals surface area contributed by atoms with Gasteiger partial charge in [-0.2, -0.15) is 0 Å². The third-order valence-corrected chi connectivity index (χ3v) is 6.03. The van der Waals surface area contributed by atoms with Gasteiger partial charge < -0.3 is 24.8 Å². The minimum absolute atomic E-state index is 0. The second-order valence-electron chi connectivity index (χ2n) is 8.02. The summed E-state index contributed by atoms with van der Waals surface area (Å²) in [5, 5.41) is 3.64. The van der Waals surface area contributed by atoms with E-state index >= 15 is 0 Å². The molecule has 7 heteroatoms. The van der Waals surface area contributed by atoms with Crippen molar-refractivity contribution in [3.05, 3.63) is 29.8 Å². The fourth-order valence-corrected chi connectivity index (χ4v) is 4.20. The summed E-state index contributed by atoms with van der Waals surface area (Å²) < 4.78 is 5.19. The molecule has 2 fully saturated rings. The van der Waals surface area contributed by atoms with E-state index in [1.807, 2.05) is 7.05 Å².